The summed E-state index contributed by atoms with van der Waals surface area (Å²) in [5.74, 6) is 2.98. The Bertz CT molecular complexity index is 1230. The van der Waals surface area contributed by atoms with Crippen molar-refractivity contribution in [2.24, 2.45) is 0 Å². The van der Waals surface area contributed by atoms with Crippen LogP contribution in [0.15, 0.2) is 77.6 Å². The molecule has 0 spiro atoms. The molecule has 0 N–H and O–H groups in total. The highest BCUT2D eigenvalue weighted by Gasteiger charge is 2.13. The second kappa shape index (κ2) is 10.0. The van der Waals surface area contributed by atoms with E-state index in [1.54, 1.807) is 11.7 Å². The van der Waals surface area contributed by atoms with Gasteiger partial charge in [0, 0.05) is 12.1 Å². The van der Waals surface area contributed by atoms with E-state index in [1.165, 1.54) is 0 Å². The van der Waals surface area contributed by atoms with Crippen LogP contribution in [0.25, 0.3) is 22.3 Å². The Morgan fingerprint density at radius 1 is 0.844 bits per heavy atom. The molecule has 0 aliphatic rings. The minimum atomic E-state index is -0.0533. The summed E-state index contributed by atoms with van der Waals surface area (Å²) < 4.78 is 18.3. The number of benzene rings is 3. The summed E-state index contributed by atoms with van der Waals surface area (Å²) in [6.45, 7) is 3.56. The Morgan fingerprint density at radius 2 is 1.50 bits per heavy atom. The molecular formula is C26H26N2O4. The molecule has 164 valence electrons. The first-order valence-corrected chi connectivity index (χ1v) is 10.7. The van der Waals surface area contributed by atoms with Crippen LogP contribution in [0, 0.1) is 0 Å². The van der Waals surface area contributed by atoms with E-state index in [9.17, 15) is 4.79 Å². The molecule has 0 amide bonds. The van der Waals surface area contributed by atoms with Crippen molar-refractivity contribution in [2.45, 2.75) is 19.9 Å². The van der Waals surface area contributed by atoms with Crippen molar-refractivity contribution in [1.82, 2.24) is 9.55 Å². The molecule has 0 unspecified atom stereocenters. The van der Waals surface area contributed by atoms with E-state index in [1.807, 2.05) is 79.7 Å². The van der Waals surface area contributed by atoms with Gasteiger partial charge in [-0.05, 0) is 74.0 Å². The van der Waals surface area contributed by atoms with E-state index in [0.717, 1.165) is 22.8 Å². The predicted molar refractivity (Wildman–Crippen MR) is 126 cm³/mol. The third-order valence-electron chi connectivity index (χ3n) is 5.14. The van der Waals surface area contributed by atoms with Gasteiger partial charge < -0.3 is 14.2 Å². The van der Waals surface area contributed by atoms with Crippen molar-refractivity contribution in [3.05, 3.63) is 83.2 Å². The lowest BCUT2D eigenvalue weighted by Gasteiger charge is -2.14. The second-order valence-electron chi connectivity index (χ2n) is 7.24. The summed E-state index contributed by atoms with van der Waals surface area (Å²) in [7, 11) is 1.63. The lowest BCUT2D eigenvalue weighted by Crippen LogP contribution is -2.24. The number of nitrogens with zero attached hydrogens (tertiary/aromatic N) is 2. The van der Waals surface area contributed by atoms with Crippen molar-refractivity contribution in [2.75, 3.05) is 20.3 Å². The maximum atomic E-state index is 13.3. The lowest BCUT2D eigenvalue weighted by molar-refractivity contribution is 0.299. The molecule has 0 saturated heterocycles. The third kappa shape index (κ3) is 4.75. The first-order chi connectivity index (χ1) is 15.7. The Balaban J connectivity index is 1.55. The Kier molecular flexibility index (Phi) is 6.70. The molecule has 4 rings (SSSR count). The van der Waals surface area contributed by atoms with E-state index in [0.29, 0.717) is 42.9 Å². The fraction of sp³-hybridized carbons (Fsp3) is 0.231. The zero-order valence-electron chi connectivity index (χ0n) is 18.3. The van der Waals surface area contributed by atoms with Gasteiger partial charge in [0.1, 0.15) is 23.1 Å². The minimum absolute atomic E-state index is 0.0533. The van der Waals surface area contributed by atoms with Gasteiger partial charge in [0.05, 0.1) is 31.2 Å². The van der Waals surface area contributed by atoms with E-state index < -0.39 is 0 Å². The van der Waals surface area contributed by atoms with Gasteiger partial charge in [-0.2, -0.15) is 0 Å². The molecule has 32 heavy (non-hydrogen) atoms. The average Bonchev–Trinajstić information content (AvgIpc) is 2.84. The fourth-order valence-electron chi connectivity index (χ4n) is 3.55. The zero-order chi connectivity index (χ0) is 22.3. The molecule has 0 atom stereocenters. The largest absolute Gasteiger partial charge is 0.497 e. The summed E-state index contributed by atoms with van der Waals surface area (Å²) in [6.07, 6.45) is 0.663. The van der Waals surface area contributed by atoms with Crippen LogP contribution >= 0.6 is 0 Å². The minimum Gasteiger partial charge on any atom is -0.497 e. The summed E-state index contributed by atoms with van der Waals surface area (Å²) in [6, 6.07) is 22.6. The van der Waals surface area contributed by atoms with Crippen LogP contribution in [0.1, 0.15) is 13.3 Å². The number of para-hydroxylation sites is 1. The molecule has 6 heteroatoms. The highest BCUT2D eigenvalue weighted by atomic mass is 16.5. The van der Waals surface area contributed by atoms with Crippen LogP contribution in [-0.4, -0.2) is 29.9 Å². The second-order valence-corrected chi connectivity index (χ2v) is 7.24. The van der Waals surface area contributed by atoms with Gasteiger partial charge in [-0.25, -0.2) is 4.98 Å². The predicted octanol–water partition coefficient (Wildman–Crippen LogP) is 4.94. The van der Waals surface area contributed by atoms with Gasteiger partial charge in [0.15, 0.2) is 0 Å². The molecule has 0 fully saturated rings. The lowest BCUT2D eigenvalue weighted by atomic mass is 10.1. The number of hydrogen-bond donors (Lipinski definition) is 0. The molecule has 3 aromatic carbocycles. The zero-order valence-corrected chi connectivity index (χ0v) is 18.3. The summed E-state index contributed by atoms with van der Waals surface area (Å²) in [4.78, 5) is 18.0. The number of methoxy groups -OCH3 is 1. The van der Waals surface area contributed by atoms with Gasteiger partial charge in [-0.15, -0.1) is 0 Å². The van der Waals surface area contributed by atoms with Gasteiger partial charge in [-0.1, -0.05) is 12.1 Å². The number of hydrogen-bond acceptors (Lipinski definition) is 5. The number of ether oxygens (including phenoxy) is 3. The highest BCUT2D eigenvalue weighted by molar-refractivity contribution is 5.79. The molecule has 0 aliphatic carbocycles. The quantitative estimate of drug-likeness (QED) is 0.352. The molecule has 0 bridgehead atoms. The molecule has 1 aromatic heterocycles. The molecule has 4 aromatic rings. The molecular weight excluding hydrogens is 404 g/mol. The average molecular weight is 431 g/mol. The normalized spacial score (nSPS) is 10.8. The Hall–Kier alpha value is -3.80. The molecule has 6 nitrogen and oxygen atoms in total. The summed E-state index contributed by atoms with van der Waals surface area (Å²) >= 11 is 0. The molecule has 0 aliphatic heterocycles. The van der Waals surface area contributed by atoms with E-state index in [2.05, 4.69) is 0 Å². The fourth-order valence-corrected chi connectivity index (χ4v) is 3.55. The number of fused-ring (bicyclic) bond motifs is 1. The SMILES string of the molecule is CCOc1ccc(OCCCn2c(-c3ccc(OC)cc3)nc3ccccc3c2=O)cc1. The number of rotatable bonds is 9. The maximum Gasteiger partial charge on any atom is 0.261 e. The smallest absolute Gasteiger partial charge is 0.261 e. The topological polar surface area (TPSA) is 62.6 Å². The van der Waals surface area contributed by atoms with Gasteiger partial charge in [0.25, 0.3) is 5.56 Å². The van der Waals surface area contributed by atoms with Crippen molar-refractivity contribution in [3.63, 3.8) is 0 Å². The van der Waals surface area contributed by atoms with E-state index >= 15 is 0 Å². The molecule has 0 radical (unpaired) electrons. The first-order valence-electron chi connectivity index (χ1n) is 10.7. The molecule has 0 saturated carbocycles. The first kappa shape index (κ1) is 21.4. The maximum absolute atomic E-state index is 13.3. The highest BCUT2D eigenvalue weighted by Crippen LogP contribution is 2.22. The van der Waals surface area contributed by atoms with Crippen molar-refractivity contribution in [1.29, 1.82) is 0 Å². The summed E-state index contributed by atoms with van der Waals surface area (Å²) in [5.41, 5.74) is 1.49. The molecule has 1 heterocycles. The third-order valence-corrected chi connectivity index (χ3v) is 5.14. The van der Waals surface area contributed by atoms with Gasteiger partial charge in [-0.3, -0.25) is 9.36 Å². The van der Waals surface area contributed by atoms with E-state index in [-0.39, 0.29) is 5.56 Å². The number of aromatic nitrogens is 2. The van der Waals surface area contributed by atoms with Crippen molar-refractivity contribution < 1.29 is 14.2 Å². The summed E-state index contributed by atoms with van der Waals surface area (Å²) in [5, 5.41) is 0.609. The van der Waals surface area contributed by atoms with E-state index in [4.69, 9.17) is 19.2 Å². The van der Waals surface area contributed by atoms with Gasteiger partial charge in [0.2, 0.25) is 0 Å². The Labute approximate surface area is 187 Å². The van der Waals surface area contributed by atoms with Crippen LogP contribution in [0.4, 0.5) is 0 Å². The Morgan fingerprint density at radius 3 is 2.19 bits per heavy atom. The van der Waals surface area contributed by atoms with Crippen LogP contribution in [-0.2, 0) is 6.54 Å². The van der Waals surface area contributed by atoms with Gasteiger partial charge >= 0.3 is 0 Å². The van der Waals surface area contributed by atoms with Crippen LogP contribution < -0.4 is 19.8 Å². The van der Waals surface area contributed by atoms with Crippen LogP contribution in [0.3, 0.4) is 0 Å². The van der Waals surface area contributed by atoms with Crippen LogP contribution in [0.5, 0.6) is 17.2 Å². The van der Waals surface area contributed by atoms with Crippen LogP contribution in [0.2, 0.25) is 0 Å². The standard InChI is InChI=1S/C26H26N2O4/c1-3-31-21-13-15-22(16-14-21)32-18-6-17-28-25(19-9-11-20(30-2)12-10-19)27-24-8-5-4-7-23(24)26(28)29/h4-5,7-16H,3,6,17-18H2,1-2H3. The van der Waals surface area contributed by atoms with Crippen molar-refractivity contribution >= 4 is 10.9 Å². The monoisotopic (exact) mass is 430 g/mol. The van der Waals surface area contributed by atoms with Crippen molar-refractivity contribution in [3.8, 4) is 28.6 Å².